The number of hydrogen-bond donors (Lipinski definition) is 0. The number of nitrogens with zero attached hydrogens (tertiary/aromatic N) is 4. The Bertz CT molecular complexity index is 1900. The van der Waals surface area contributed by atoms with E-state index in [1.165, 1.54) is 0 Å². The van der Waals surface area contributed by atoms with E-state index in [1.54, 1.807) is 0 Å². The van der Waals surface area contributed by atoms with Crippen molar-refractivity contribution >= 4 is 39.4 Å². The van der Waals surface area contributed by atoms with Gasteiger partial charge in [0.05, 0.1) is 34.6 Å². The summed E-state index contributed by atoms with van der Waals surface area (Å²) in [7, 11) is 0. The zero-order chi connectivity index (χ0) is 26.2. The molecule has 0 aliphatic carbocycles. The summed E-state index contributed by atoms with van der Waals surface area (Å²) in [6.45, 7) is 5.01. The van der Waals surface area contributed by atoms with E-state index in [0.29, 0.717) is 6.54 Å². The maximum Gasteiger partial charge on any atom is 0.0946 e. The molecule has 4 aromatic carbocycles. The summed E-state index contributed by atoms with van der Waals surface area (Å²) in [5, 5.41) is 2.25. The molecule has 6 aromatic rings. The highest BCUT2D eigenvalue weighted by Crippen LogP contribution is 2.45. The van der Waals surface area contributed by atoms with Crippen molar-refractivity contribution in [1.82, 2.24) is 9.55 Å². The van der Waals surface area contributed by atoms with Gasteiger partial charge < -0.3 is 9.47 Å². The molecule has 1 aliphatic rings. The Morgan fingerprint density at radius 1 is 0.718 bits per heavy atom. The Morgan fingerprint density at radius 3 is 2.28 bits per heavy atom. The molecule has 39 heavy (non-hydrogen) atoms. The van der Waals surface area contributed by atoms with Crippen LogP contribution in [0.15, 0.2) is 145 Å². The van der Waals surface area contributed by atoms with Crippen molar-refractivity contribution in [3.63, 3.8) is 0 Å². The molecule has 0 N–H and O–H groups in total. The lowest BCUT2D eigenvalue weighted by Crippen LogP contribution is -2.19. The van der Waals surface area contributed by atoms with Crippen molar-refractivity contribution in [2.75, 3.05) is 4.90 Å². The molecule has 2 aromatic heterocycles. The lowest BCUT2D eigenvalue weighted by molar-refractivity contribution is 0.987. The van der Waals surface area contributed by atoms with Gasteiger partial charge in [-0.05, 0) is 42.0 Å². The number of para-hydroxylation sites is 3. The van der Waals surface area contributed by atoms with Crippen LogP contribution in [0.4, 0.5) is 11.4 Å². The first-order chi connectivity index (χ1) is 19.3. The van der Waals surface area contributed by atoms with Crippen LogP contribution in [0, 0.1) is 0 Å². The number of aliphatic imine (C=N–C) groups is 1. The number of anilines is 2. The topological polar surface area (TPSA) is 33.4 Å². The molecule has 0 atom stereocenters. The number of hydrogen-bond acceptors (Lipinski definition) is 3. The Kier molecular flexibility index (Phi) is 5.64. The van der Waals surface area contributed by atoms with Crippen molar-refractivity contribution in [2.24, 2.45) is 4.99 Å². The normalized spacial score (nSPS) is 14.2. The van der Waals surface area contributed by atoms with Crippen molar-refractivity contribution < 1.29 is 0 Å². The van der Waals surface area contributed by atoms with E-state index in [2.05, 4.69) is 124 Å². The van der Waals surface area contributed by atoms with Crippen LogP contribution in [0.3, 0.4) is 0 Å². The third-order valence-corrected chi connectivity index (χ3v) is 7.24. The molecule has 0 fully saturated rings. The standard InChI is InChI=1S/C35H26N4/c1-25-13-12-22-36-24-31-35(38(25)32-20-10-8-18-28(32)26-14-4-2-5-15-26)34-30(23-37-31)29-19-9-11-21-33(29)39(34)27-16-6-3-7-17-27/h2-23H,1,24H2/b13-12-,36-22?. The quantitative estimate of drug-likeness (QED) is 0.243. The van der Waals surface area contributed by atoms with Gasteiger partial charge in [-0.1, -0.05) is 91.5 Å². The molecule has 0 spiro atoms. The van der Waals surface area contributed by atoms with E-state index in [0.717, 1.165) is 61.4 Å². The van der Waals surface area contributed by atoms with Gasteiger partial charge in [-0.15, -0.1) is 0 Å². The van der Waals surface area contributed by atoms with Crippen molar-refractivity contribution in [2.45, 2.75) is 6.54 Å². The number of fused-ring (bicyclic) bond motifs is 5. The monoisotopic (exact) mass is 502 g/mol. The minimum absolute atomic E-state index is 0.462. The van der Waals surface area contributed by atoms with E-state index < -0.39 is 0 Å². The van der Waals surface area contributed by atoms with Crippen LogP contribution >= 0.6 is 0 Å². The smallest absolute Gasteiger partial charge is 0.0946 e. The highest BCUT2D eigenvalue weighted by Gasteiger charge is 2.26. The van der Waals surface area contributed by atoms with Crippen LogP contribution in [0.25, 0.3) is 38.6 Å². The molecule has 0 bridgehead atoms. The van der Waals surface area contributed by atoms with E-state index >= 15 is 0 Å². The largest absolute Gasteiger partial charge is 0.307 e. The average molecular weight is 503 g/mol. The molecule has 0 saturated carbocycles. The minimum atomic E-state index is 0.462. The highest BCUT2D eigenvalue weighted by atomic mass is 15.2. The number of allylic oxidation sites excluding steroid dienone is 2. The number of benzene rings is 4. The van der Waals surface area contributed by atoms with Crippen LogP contribution in [0.2, 0.25) is 0 Å². The van der Waals surface area contributed by atoms with Crippen molar-refractivity contribution in [3.05, 3.63) is 146 Å². The Labute approximate surface area is 227 Å². The summed E-state index contributed by atoms with van der Waals surface area (Å²) in [6, 6.07) is 38.1. The van der Waals surface area contributed by atoms with Crippen LogP contribution < -0.4 is 4.90 Å². The molecule has 3 heterocycles. The predicted molar refractivity (Wildman–Crippen MR) is 163 cm³/mol. The molecule has 0 radical (unpaired) electrons. The van der Waals surface area contributed by atoms with Crippen LogP contribution in [-0.4, -0.2) is 15.8 Å². The van der Waals surface area contributed by atoms with Gasteiger partial charge in [0.25, 0.3) is 0 Å². The Balaban J connectivity index is 1.64. The maximum atomic E-state index is 5.02. The zero-order valence-electron chi connectivity index (χ0n) is 21.4. The third kappa shape index (κ3) is 3.85. The van der Waals surface area contributed by atoms with Crippen molar-refractivity contribution in [1.29, 1.82) is 0 Å². The first-order valence-corrected chi connectivity index (χ1v) is 13.1. The highest BCUT2D eigenvalue weighted by molar-refractivity contribution is 6.14. The van der Waals surface area contributed by atoms with Gasteiger partial charge in [0, 0.05) is 40.1 Å². The van der Waals surface area contributed by atoms with Crippen LogP contribution in [0.5, 0.6) is 0 Å². The van der Waals surface area contributed by atoms with E-state index in [4.69, 9.17) is 4.98 Å². The van der Waals surface area contributed by atoms with E-state index in [9.17, 15) is 0 Å². The minimum Gasteiger partial charge on any atom is -0.307 e. The summed E-state index contributed by atoms with van der Waals surface area (Å²) in [6.07, 6.45) is 7.81. The van der Waals surface area contributed by atoms with Gasteiger partial charge in [-0.2, -0.15) is 0 Å². The number of pyridine rings is 1. The second kappa shape index (κ2) is 9.58. The van der Waals surface area contributed by atoms with Gasteiger partial charge in [-0.3, -0.25) is 9.98 Å². The predicted octanol–water partition coefficient (Wildman–Crippen LogP) is 8.64. The second-order valence-electron chi connectivity index (χ2n) is 9.56. The molecular formula is C35H26N4. The summed E-state index contributed by atoms with van der Waals surface area (Å²) >= 11 is 0. The maximum absolute atomic E-state index is 5.02. The summed E-state index contributed by atoms with van der Waals surface area (Å²) in [4.78, 5) is 12.0. The average Bonchev–Trinajstić information content (AvgIpc) is 3.36. The van der Waals surface area contributed by atoms with Crippen molar-refractivity contribution in [3.8, 4) is 16.8 Å². The first kappa shape index (κ1) is 22.9. The third-order valence-electron chi connectivity index (χ3n) is 7.24. The summed E-state index contributed by atoms with van der Waals surface area (Å²) in [5.74, 6) is 0. The molecule has 7 rings (SSSR count). The van der Waals surface area contributed by atoms with Crippen LogP contribution in [0.1, 0.15) is 5.69 Å². The molecule has 4 nitrogen and oxygen atoms in total. The second-order valence-corrected chi connectivity index (χ2v) is 9.56. The van der Waals surface area contributed by atoms with Gasteiger partial charge >= 0.3 is 0 Å². The molecule has 4 heteroatoms. The Morgan fingerprint density at radius 2 is 1.44 bits per heavy atom. The first-order valence-electron chi connectivity index (χ1n) is 13.1. The number of aromatic nitrogens is 2. The fraction of sp³-hybridized carbons (Fsp3) is 0.0286. The van der Waals surface area contributed by atoms with Gasteiger partial charge in [0.1, 0.15) is 0 Å². The van der Waals surface area contributed by atoms with E-state index in [1.807, 2.05) is 30.6 Å². The molecule has 0 unspecified atom stereocenters. The fourth-order valence-corrected chi connectivity index (χ4v) is 5.54. The molecular weight excluding hydrogens is 476 g/mol. The van der Waals surface area contributed by atoms with Gasteiger partial charge in [0.15, 0.2) is 0 Å². The lowest BCUT2D eigenvalue weighted by Gasteiger charge is -2.30. The SMILES string of the molecule is C=C1/C=C\C=NCc2ncc3c4ccccc4n(-c4ccccc4)c3c2N1c1ccccc1-c1ccccc1. The zero-order valence-corrected chi connectivity index (χ0v) is 21.4. The molecule has 1 aliphatic heterocycles. The lowest BCUT2D eigenvalue weighted by atomic mass is 10.0. The van der Waals surface area contributed by atoms with E-state index in [-0.39, 0.29) is 0 Å². The molecule has 0 saturated heterocycles. The summed E-state index contributed by atoms with van der Waals surface area (Å²) < 4.78 is 2.35. The molecule has 0 amide bonds. The molecule has 186 valence electrons. The number of rotatable bonds is 3. The van der Waals surface area contributed by atoms with Crippen LogP contribution in [-0.2, 0) is 6.54 Å². The van der Waals surface area contributed by atoms with Gasteiger partial charge in [0.2, 0.25) is 0 Å². The van der Waals surface area contributed by atoms with Gasteiger partial charge in [-0.25, -0.2) is 0 Å². The summed E-state index contributed by atoms with van der Waals surface area (Å²) in [5.41, 5.74) is 9.35. The fourth-order valence-electron chi connectivity index (χ4n) is 5.54. The Hall–Kier alpha value is -5.22.